The molecular formula is C15H21NO3S. The third-order valence-electron chi connectivity index (χ3n) is 3.39. The van der Waals surface area contributed by atoms with Crippen molar-refractivity contribution >= 4 is 18.5 Å². The van der Waals surface area contributed by atoms with Gasteiger partial charge in [0.05, 0.1) is 13.7 Å². The molecule has 1 unspecified atom stereocenters. The first-order valence-corrected chi connectivity index (χ1v) is 7.41. The van der Waals surface area contributed by atoms with E-state index >= 15 is 0 Å². The predicted octanol–water partition coefficient (Wildman–Crippen LogP) is 2.17. The fraction of sp³-hybridized carbons (Fsp3) is 0.533. The van der Waals surface area contributed by atoms with E-state index in [0.29, 0.717) is 13.0 Å². The molecular weight excluding hydrogens is 274 g/mol. The second-order valence-electron chi connectivity index (χ2n) is 4.87. The number of hydrogen-bond acceptors (Lipinski definition) is 4. The Bertz CT molecular complexity index is 478. The van der Waals surface area contributed by atoms with Gasteiger partial charge in [-0.05, 0) is 31.0 Å². The molecule has 1 saturated heterocycles. The van der Waals surface area contributed by atoms with E-state index in [1.54, 1.807) is 7.11 Å². The number of likely N-dealkylation sites (tertiary alicyclic amines) is 1. The summed E-state index contributed by atoms with van der Waals surface area (Å²) in [4.78, 5) is 13.6. The Morgan fingerprint density at radius 3 is 2.80 bits per heavy atom. The quantitative estimate of drug-likeness (QED) is 0.818. The van der Waals surface area contributed by atoms with Crippen molar-refractivity contribution in [1.29, 1.82) is 0 Å². The zero-order chi connectivity index (χ0) is 14.5. The van der Waals surface area contributed by atoms with Crippen LogP contribution in [-0.4, -0.2) is 42.9 Å². The third-order valence-corrected chi connectivity index (χ3v) is 3.74. The number of amides is 1. The third kappa shape index (κ3) is 3.60. The van der Waals surface area contributed by atoms with Crippen LogP contribution < -0.4 is 9.47 Å². The smallest absolute Gasteiger partial charge is 0.223 e. The van der Waals surface area contributed by atoms with Crippen molar-refractivity contribution < 1.29 is 14.3 Å². The van der Waals surface area contributed by atoms with Crippen LogP contribution in [0.1, 0.15) is 18.9 Å². The van der Waals surface area contributed by atoms with E-state index in [1.807, 2.05) is 30.0 Å². The lowest BCUT2D eigenvalue weighted by Gasteiger charge is -2.16. The van der Waals surface area contributed by atoms with Gasteiger partial charge in [0.1, 0.15) is 0 Å². The first-order valence-electron chi connectivity index (χ1n) is 6.89. The Balaban J connectivity index is 1.98. The van der Waals surface area contributed by atoms with Crippen LogP contribution in [0, 0.1) is 0 Å². The normalized spacial score (nSPS) is 18.4. The van der Waals surface area contributed by atoms with Gasteiger partial charge in [-0.15, -0.1) is 0 Å². The van der Waals surface area contributed by atoms with Gasteiger partial charge in [-0.25, -0.2) is 0 Å². The molecule has 110 valence electrons. The molecule has 0 aromatic heterocycles. The molecule has 2 rings (SSSR count). The highest BCUT2D eigenvalue weighted by molar-refractivity contribution is 7.81. The maximum Gasteiger partial charge on any atom is 0.223 e. The summed E-state index contributed by atoms with van der Waals surface area (Å²) in [5, 5.41) is 0.178. The van der Waals surface area contributed by atoms with Gasteiger partial charge in [-0.1, -0.05) is 6.07 Å². The van der Waals surface area contributed by atoms with E-state index in [9.17, 15) is 4.79 Å². The van der Waals surface area contributed by atoms with Crippen LogP contribution in [0.2, 0.25) is 0 Å². The van der Waals surface area contributed by atoms with Crippen LogP contribution in [0.25, 0.3) is 0 Å². The molecule has 0 N–H and O–H groups in total. The van der Waals surface area contributed by atoms with Crippen molar-refractivity contribution in [3.63, 3.8) is 0 Å². The summed E-state index contributed by atoms with van der Waals surface area (Å²) in [6.07, 6.45) is 1.37. The molecule has 5 heteroatoms. The molecule has 1 fully saturated rings. The molecule has 0 saturated carbocycles. The minimum Gasteiger partial charge on any atom is -0.493 e. The van der Waals surface area contributed by atoms with Crippen molar-refractivity contribution in [3.8, 4) is 11.5 Å². The van der Waals surface area contributed by atoms with Crippen LogP contribution in [0.5, 0.6) is 11.5 Å². The molecule has 1 aliphatic heterocycles. The van der Waals surface area contributed by atoms with Gasteiger partial charge in [-0.2, -0.15) is 12.6 Å². The highest BCUT2D eigenvalue weighted by Crippen LogP contribution is 2.28. The van der Waals surface area contributed by atoms with E-state index in [-0.39, 0.29) is 11.2 Å². The van der Waals surface area contributed by atoms with Gasteiger partial charge in [0, 0.05) is 24.8 Å². The molecule has 1 aromatic rings. The molecule has 20 heavy (non-hydrogen) atoms. The van der Waals surface area contributed by atoms with Crippen LogP contribution >= 0.6 is 12.6 Å². The summed E-state index contributed by atoms with van der Waals surface area (Å²) in [5.41, 5.74) is 1.14. The fourth-order valence-electron chi connectivity index (χ4n) is 2.37. The van der Waals surface area contributed by atoms with Gasteiger partial charge in [0.25, 0.3) is 0 Å². The van der Waals surface area contributed by atoms with Gasteiger partial charge < -0.3 is 14.4 Å². The van der Waals surface area contributed by atoms with Gasteiger partial charge in [0.2, 0.25) is 5.91 Å². The minimum absolute atomic E-state index is 0.178. The average Bonchev–Trinajstić information content (AvgIpc) is 2.76. The molecule has 0 spiro atoms. The van der Waals surface area contributed by atoms with Crippen molar-refractivity contribution in [2.24, 2.45) is 0 Å². The molecule has 1 atom stereocenters. The number of ether oxygens (including phenoxy) is 2. The predicted molar refractivity (Wildman–Crippen MR) is 81.8 cm³/mol. The number of hydrogen-bond donors (Lipinski definition) is 1. The van der Waals surface area contributed by atoms with Crippen LogP contribution in [0.4, 0.5) is 0 Å². The van der Waals surface area contributed by atoms with Crippen LogP contribution in [-0.2, 0) is 11.2 Å². The van der Waals surface area contributed by atoms with E-state index in [4.69, 9.17) is 9.47 Å². The van der Waals surface area contributed by atoms with Crippen molar-refractivity contribution in [2.75, 3.05) is 26.8 Å². The highest BCUT2D eigenvalue weighted by atomic mass is 32.1. The zero-order valence-electron chi connectivity index (χ0n) is 12.0. The number of nitrogens with zero attached hydrogens (tertiary/aromatic N) is 1. The summed E-state index contributed by atoms with van der Waals surface area (Å²) in [6, 6.07) is 5.92. The number of thiol groups is 1. The highest BCUT2D eigenvalue weighted by Gasteiger charge is 2.26. The maximum absolute atomic E-state index is 11.7. The van der Waals surface area contributed by atoms with Gasteiger partial charge in [-0.3, -0.25) is 4.79 Å². The SMILES string of the molecule is CCOc1ccc(CCN2CC(S)CC2=O)cc1OC. The minimum atomic E-state index is 0.178. The number of benzene rings is 1. The number of carbonyl (C=O) groups excluding carboxylic acids is 1. The summed E-state index contributed by atoms with van der Waals surface area (Å²) in [7, 11) is 1.64. The lowest BCUT2D eigenvalue weighted by molar-refractivity contribution is -0.127. The topological polar surface area (TPSA) is 38.8 Å². The fourth-order valence-corrected chi connectivity index (χ4v) is 2.73. The lowest BCUT2D eigenvalue weighted by Crippen LogP contribution is -2.27. The molecule has 1 aliphatic rings. The average molecular weight is 295 g/mol. The molecule has 1 aromatic carbocycles. The van der Waals surface area contributed by atoms with Crippen molar-refractivity contribution in [2.45, 2.75) is 25.0 Å². The van der Waals surface area contributed by atoms with Crippen molar-refractivity contribution in [3.05, 3.63) is 23.8 Å². The van der Waals surface area contributed by atoms with Crippen molar-refractivity contribution in [1.82, 2.24) is 4.90 Å². The van der Waals surface area contributed by atoms with E-state index in [2.05, 4.69) is 12.6 Å². The summed E-state index contributed by atoms with van der Waals surface area (Å²) >= 11 is 4.36. The Hall–Kier alpha value is -1.36. The summed E-state index contributed by atoms with van der Waals surface area (Å²) in [5.74, 6) is 1.69. The van der Waals surface area contributed by atoms with Crippen LogP contribution in [0.3, 0.4) is 0 Å². The largest absolute Gasteiger partial charge is 0.493 e. The lowest BCUT2D eigenvalue weighted by atomic mass is 10.1. The number of rotatable bonds is 6. The van der Waals surface area contributed by atoms with E-state index in [1.165, 1.54) is 0 Å². The monoisotopic (exact) mass is 295 g/mol. The van der Waals surface area contributed by atoms with Crippen LogP contribution in [0.15, 0.2) is 18.2 Å². The molecule has 1 heterocycles. The van der Waals surface area contributed by atoms with Gasteiger partial charge in [0.15, 0.2) is 11.5 Å². The molecule has 4 nitrogen and oxygen atoms in total. The van der Waals surface area contributed by atoms with Gasteiger partial charge >= 0.3 is 0 Å². The first-order chi connectivity index (χ1) is 9.63. The zero-order valence-corrected chi connectivity index (χ0v) is 12.9. The molecule has 0 bridgehead atoms. The Kier molecular flexibility index (Phi) is 5.17. The summed E-state index contributed by atoms with van der Waals surface area (Å²) < 4.78 is 10.8. The van der Waals surface area contributed by atoms with E-state index in [0.717, 1.165) is 36.6 Å². The number of carbonyl (C=O) groups is 1. The standard InChI is InChI=1S/C15H21NO3S/c1-3-19-13-5-4-11(8-14(13)18-2)6-7-16-10-12(20)9-15(16)17/h4-5,8,12,20H,3,6-7,9-10H2,1-2H3. The molecule has 0 aliphatic carbocycles. The second-order valence-corrected chi connectivity index (χ2v) is 5.60. The molecule has 0 radical (unpaired) electrons. The summed E-state index contributed by atoms with van der Waals surface area (Å²) in [6.45, 7) is 4.03. The number of methoxy groups -OCH3 is 1. The Labute approximate surface area is 125 Å². The molecule has 1 amide bonds. The second kappa shape index (κ2) is 6.88. The Morgan fingerprint density at radius 1 is 1.40 bits per heavy atom. The maximum atomic E-state index is 11.7. The Morgan fingerprint density at radius 2 is 2.20 bits per heavy atom. The first kappa shape index (κ1) is 15.0. The van der Waals surface area contributed by atoms with E-state index < -0.39 is 0 Å².